The van der Waals surface area contributed by atoms with Crippen LogP contribution in [-0.4, -0.2) is 17.9 Å². The summed E-state index contributed by atoms with van der Waals surface area (Å²) in [4.78, 5) is 12.1. The summed E-state index contributed by atoms with van der Waals surface area (Å²) < 4.78 is 0. The van der Waals surface area contributed by atoms with E-state index in [-0.39, 0.29) is 5.78 Å². The summed E-state index contributed by atoms with van der Waals surface area (Å²) in [5.74, 6) is 0.100. The number of hydrogen-bond acceptors (Lipinski definition) is 2. The van der Waals surface area contributed by atoms with E-state index in [1.54, 1.807) is 12.1 Å². The predicted molar refractivity (Wildman–Crippen MR) is 72.9 cm³/mol. The van der Waals surface area contributed by atoms with Crippen LogP contribution in [0.4, 0.5) is 0 Å². The van der Waals surface area contributed by atoms with Gasteiger partial charge in [-0.05, 0) is 32.0 Å². The highest BCUT2D eigenvalue weighted by molar-refractivity contribution is 6.42. The maximum absolute atomic E-state index is 12.1. The van der Waals surface area contributed by atoms with Gasteiger partial charge in [-0.1, -0.05) is 42.3 Å². The first-order valence-electron chi connectivity index (χ1n) is 5.59. The molecule has 0 unspecified atom stereocenters. The topological polar surface area (TPSA) is 29.1 Å². The van der Waals surface area contributed by atoms with Crippen LogP contribution in [0.3, 0.4) is 0 Å². The summed E-state index contributed by atoms with van der Waals surface area (Å²) in [6.45, 7) is 6.47. The Balaban J connectivity index is 2.85. The molecule has 0 aromatic heterocycles. The molecule has 4 heteroatoms. The highest BCUT2D eigenvalue weighted by Gasteiger charge is 2.26. The Morgan fingerprint density at radius 1 is 1.35 bits per heavy atom. The zero-order valence-electron chi connectivity index (χ0n) is 10.3. The molecule has 2 nitrogen and oxygen atoms in total. The standard InChI is InChI=1S/C13H17Cl2NO/c1-4-16-13(2,3)11(17)8-9-6-5-7-10(14)12(9)15/h5-7,16H,4,8H2,1-3H3. The summed E-state index contributed by atoms with van der Waals surface area (Å²) in [7, 11) is 0. The molecule has 17 heavy (non-hydrogen) atoms. The van der Waals surface area contributed by atoms with Crippen LogP contribution in [0.25, 0.3) is 0 Å². The van der Waals surface area contributed by atoms with E-state index in [1.807, 2.05) is 26.8 Å². The van der Waals surface area contributed by atoms with Gasteiger partial charge in [0.1, 0.15) is 0 Å². The first-order valence-corrected chi connectivity index (χ1v) is 6.35. The molecule has 1 rings (SSSR count). The van der Waals surface area contributed by atoms with Crippen molar-refractivity contribution < 1.29 is 4.79 Å². The third kappa shape index (κ3) is 3.70. The minimum absolute atomic E-state index is 0.100. The summed E-state index contributed by atoms with van der Waals surface area (Å²) in [6.07, 6.45) is 0.291. The minimum Gasteiger partial charge on any atom is -0.306 e. The number of rotatable bonds is 5. The number of likely N-dealkylation sites (N-methyl/N-ethyl adjacent to an activating group) is 1. The number of ketones is 1. The van der Waals surface area contributed by atoms with Gasteiger partial charge in [-0.15, -0.1) is 0 Å². The monoisotopic (exact) mass is 273 g/mol. The summed E-state index contributed by atoms with van der Waals surface area (Å²) in [5.41, 5.74) is 0.232. The lowest BCUT2D eigenvalue weighted by atomic mass is 9.93. The highest BCUT2D eigenvalue weighted by Crippen LogP contribution is 2.26. The molecule has 0 amide bonds. The van der Waals surface area contributed by atoms with E-state index in [0.717, 1.165) is 12.1 Å². The number of carbonyl (C=O) groups excluding carboxylic acids is 1. The second kappa shape index (κ2) is 5.85. The van der Waals surface area contributed by atoms with Gasteiger partial charge in [0.15, 0.2) is 5.78 Å². The average Bonchev–Trinajstić information content (AvgIpc) is 2.24. The van der Waals surface area contributed by atoms with E-state index in [0.29, 0.717) is 16.5 Å². The highest BCUT2D eigenvalue weighted by atomic mass is 35.5. The number of halogens is 2. The lowest BCUT2D eigenvalue weighted by Crippen LogP contribution is -2.47. The maximum atomic E-state index is 12.1. The fourth-order valence-corrected chi connectivity index (χ4v) is 2.01. The molecule has 0 fully saturated rings. The van der Waals surface area contributed by atoms with Gasteiger partial charge in [0.05, 0.1) is 15.6 Å². The Morgan fingerprint density at radius 3 is 2.59 bits per heavy atom. The fourth-order valence-electron chi connectivity index (χ4n) is 1.62. The number of benzene rings is 1. The Labute approximate surface area is 112 Å². The molecule has 0 heterocycles. The molecule has 0 atom stereocenters. The smallest absolute Gasteiger partial charge is 0.156 e. The first kappa shape index (κ1) is 14.5. The lowest BCUT2D eigenvalue weighted by molar-refractivity contribution is -0.123. The van der Waals surface area contributed by atoms with Crippen molar-refractivity contribution in [2.45, 2.75) is 32.7 Å². The van der Waals surface area contributed by atoms with Crippen LogP contribution in [-0.2, 0) is 11.2 Å². The van der Waals surface area contributed by atoms with Gasteiger partial charge < -0.3 is 5.32 Å². The molecule has 0 bridgehead atoms. The van der Waals surface area contributed by atoms with Gasteiger partial charge in [-0.2, -0.15) is 0 Å². The Morgan fingerprint density at radius 2 is 2.00 bits per heavy atom. The van der Waals surface area contributed by atoms with Gasteiger partial charge in [0.25, 0.3) is 0 Å². The summed E-state index contributed by atoms with van der Waals surface area (Å²) >= 11 is 12.0. The summed E-state index contributed by atoms with van der Waals surface area (Å²) in [6, 6.07) is 5.35. The third-order valence-corrected chi connectivity index (χ3v) is 3.56. The molecular weight excluding hydrogens is 257 g/mol. The van der Waals surface area contributed by atoms with Gasteiger partial charge in [0.2, 0.25) is 0 Å². The van der Waals surface area contributed by atoms with E-state index in [9.17, 15) is 4.79 Å². The number of hydrogen-bond donors (Lipinski definition) is 1. The van der Waals surface area contributed by atoms with E-state index in [4.69, 9.17) is 23.2 Å². The van der Waals surface area contributed by atoms with Crippen LogP contribution in [0, 0.1) is 0 Å². The van der Waals surface area contributed by atoms with E-state index in [1.165, 1.54) is 0 Å². The molecule has 0 aliphatic carbocycles. The van der Waals surface area contributed by atoms with Crippen LogP contribution >= 0.6 is 23.2 Å². The van der Waals surface area contributed by atoms with Gasteiger partial charge >= 0.3 is 0 Å². The van der Waals surface area contributed by atoms with Crippen molar-refractivity contribution in [2.24, 2.45) is 0 Å². The Hall–Kier alpha value is -0.570. The van der Waals surface area contributed by atoms with Crippen LogP contribution in [0.5, 0.6) is 0 Å². The van der Waals surface area contributed by atoms with E-state index < -0.39 is 5.54 Å². The molecule has 1 aromatic rings. The Kier molecular flexibility index (Phi) is 4.99. The van der Waals surface area contributed by atoms with Crippen LogP contribution < -0.4 is 5.32 Å². The summed E-state index contributed by atoms with van der Waals surface area (Å²) in [5, 5.41) is 4.10. The van der Waals surface area contributed by atoms with Crippen molar-refractivity contribution in [3.63, 3.8) is 0 Å². The second-order valence-corrected chi connectivity index (χ2v) is 5.25. The molecule has 1 N–H and O–H groups in total. The zero-order chi connectivity index (χ0) is 13.1. The van der Waals surface area contributed by atoms with Crippen LogP contribution in [0.1, 0.15) is 26.3 Å². The molecule has 0 spiro atoms. The predicted octanol–water partition coefficient (Wildman–Crippen LogP) is 3.49. The van der Waals surface area contributed by atoms with Crippen molar-refractivity contribution in [3.05, 3.63) is 33.8 Å². The zero-order valence-corrected chi connectivity index (χ0v) is 11.8. The van der Waals surface area contributed by atoms with Crippen molar-refractivity contribution in [1.29, 1.82) is 0 Å². The average molecular weight is 274 g/mol. The third-order valence-electron chi connectivity index (χ3n) is 2.70. The molecule has 0 saturated carbocycles. The minimum atomic E-state index is -0.541. The lowest BCUT2D eigenvalue weighted by Gasteiger charge is -2.24. The number of carbonyl (C=O) groups is 1. The van der Waals surface area contributed by atoms with Crippen molar-refractivity contribution >= 4 is 29.0 Å². The molecule has 0 aliphatic heterocycles. The quantitative estimate of drug-likeness (QED) is 0.890. The van der Waals surface area contributed by atoms with Crippen LogP contribution in [0.2, 0.25) is 10.0 Å². The number of Topliss-reactive ketones (excluding diaryl/α,β-unsaturated/α-hetero) is 1. The Bertz CT molecular complexity index is 416. The second-order valence-electron chi connectivity index (χ2n) is 4.47. The first-order chi connectivity index (χ1) is 7.88. The van der Waals surface area contributed by atoms with Crippen molar-refractivity contribution in [3.8, 4) is 0 Å². The molecule has 94 valence electrons. The fraction of sp³-hybridized carbons (Fsp3) is 0.462. The van der Waals surface area contributed by atoms with Gasteiger partial charge in [-0.3, -0.25) is 4.79 Å². The van der Waals surface area contributed by atoms with E-state index >= 15 is 0 Å². The number of nitrogens with one attached hydrogen (secondary N) is 1. The molecular formula is C13H17Cl2NO. The van der Waals surface area contributed by atoms with Crippen LogP contribution in [0.15, 0.2) is 18.2 Å². The van der Waals surface area contributed by atoms with Crippen molar-refractivity contribution in [2.75, 3.05) is 6.54 Å². The molecule has 0 saturated heterocycles. The van der Waals surface area contributed by atoms with Crippen molar-refractivity contribution in [1.82, 2.24) is 5.32 Å². The largest absolute Gasteiger partial charge is 0.306 e. The molecule has 0 aliphatic rings. The SMILES string of the molecule is CCNC(C)(C)C(=O)Cc1cccc(Cl)c1Cl. The van der Waals surface area contributed by atoms with E-state index in [2.05, 4.69) is 5.32 Å². The van der Waals surface area contributed by atoms with Gasteiger partial charge in [-0.25, -0.2) is 0 Å². The molecule has 1 aromatic carbocycles. The molecule has 0 radical (unpaired) electrons. The maximum Gasteiger partial charge on any atom is 0.156 e. The normalized spacial score (nSPS) is 11.6. The van der Waals surface area contributed by atoms with Gasteiger partial charge in [0, 0.05) is 6.42 Å².